The van der Waals surface area contributed by atoms with Gasteiger partial charge in [-0.15, -0.1) is 0 Å². The van der Waals surface area contributed by atoms with Crippen molar-refractivity contribution in [3.05, 3.63) is 23.8 Å². The first-order valence-electron chi connectivity index (χ1n) is 7.70. The minimum absolute atomic E-state index is 0.00862. The Hall–Kier alpha value is -2.02. The molecule has 2 aliphatic heterocycles. The fourth-order valence-electron chi connectivity index (χ4n) is 2.89. The van der Waals surface area contributed by atoms with Gasteiger partial charge in [0.2, 0.25) is 5.91 Å². The van der Waals surface area contributed by atoms with E-state index in [1.807, 2.05) is 13.8 Å². The summed E-state index contributed by atoms with van der Waals surface area (Å²) in [4.78, 5) is 37.0. The van der Waals surface area contributed by atoms with Crippen LogP contribution in [0.4, 0.5) is 0 Å². The lowest BCUT2D eigenvalue weighted by Gasteiger charge is -2.42. The number of carbonyl (C=O) groups excluding carboxylic acids is 2. The zero-order valence-corrected chi connectivity index (χ0v) is 13.0. The summed E-state index contributed by atoms with van der Waals surface area (Å²) in [5.41, 5.74) is 0.406. The summed E-state index contributed by atoms with van der Waals surface area (Å²) >= 11 is 0. The molecule has 3 heterocycles. The van der Waals surface area contributed by atoms with E-state index in [1.165, 1.54) is 0 Å². The minimum Gasteiger partial charge on any atom is -0.353 e. The Morgan fingerprint density at radius 2 is 2.18 bits per heavy atom. The van der Waals surface area contributed by atoms with Crippen molar-refractivity contribution >= 4 is 11.8 Å². The lowest BCUT2D eigenvalue weighted by atomic mass is 10.1. The molecule has 1 atom stereocenters. The Bertz CT molecular complexity index is 589. The SMILES string of the molecule is CC(C)c1nccc(C(=O)N2CCN3CCNC(=O)[C@H]3C2)n1. The Morgan fingerprint density at radius 1 is 1.36 bits per heavy atom. The molecular formula is C15H21N5O2. The molecule has 0 unspecified atom stereocenters. The third kappa shape index (κ3) is 2.81. The predicted molar refractivity (Wildman–Crippen MR) is 80.4 cm³/mol. The number of fused-ring (bicyclic) bond motifs is 1. The van der Waals surface area contributed by atoms with Gasteiger partial charge < -0.3 is 10.2 Å². The van der Waals surface area contributed by atoms with Gasteiger partial charge in [0.1, 0.15) is 17.6 Å². The van der Waals surface area contributed by atoms with Crippen LogP contribution in [0.3, 0.4) is 0 Å². The Balaban J connectivity index is 1.75. The molecule has 1 N–H and O–H groups in total. The van der Waals surface area contributed by atoms with Gasteiger partial charge in [0.15, 0.2) is 0 Å². The van der Waals surface area contributed by atoms with Crippen molar-refractivity contribution in [2.75, 3.05) is 32.7 Å². The van der Waals surface area contributed by atoms with Gasteiger partial charge in [-0.3, -0.25) is 14.5 Å². The van der Waals surface area contributed by atoms with Crippen LogP contribution >= 0.6 is 0 Å². The maximum atomic E-state index is 12.6. The summed E-state index contributed by atoms with van der Waals surface area (Å²) in [7, 11) is 0. The number of hydrogen-bond donors (Lipinski definition) is 1. The van der Waals surface area contributed by atoms with E-state index in [0.717, 1.165) is 13.1 Å². The quantitative estimate of drug-likeness (QED) is 0.822. The average Bonchev–Trinajstić information content (AvgIpc) is 2.54. The normalized spacial score (nSPS) is 22.4. The zero-order valence-electron chi connectivity index (χ0n) is 13.0. The molecule has 0 aliphatic carbocycles. The van der Waals surface area contributed by atoms with Gasteiger partial charge in [-0.1, -0.05) is 13.8 Å². The van der Waals surface area contributed by atoms with E-state index in [-0.39, 0.29) is 23.8 Å². The summed E-state index contributed by atoms with van der Waals surface area (Å²) in [6.45, 7) is 7.31. The molecular weight excluding hydrogens is 282 g/mol. The topological polar surface area (TPSA) is 78.4 Å². The Labute approximate surface area is 129 Å². The summed E-state index contributed by atoms with van der Waals surface area (Å²) in [5, 5.41) is 2.86. The van der Waals surface area contributed by atoms with Crippen LogP contribution in [0, 0.1) is 0 Å². The van der Waals surface area contributed by atoms with Gasteiger partial charge in [-0.05, 0) is 6.07 Å². The molecule has 7 heteroatoms. The number of amides is 2. The van der Waals surface area contributed by atoms with E-state index in [1.54, 1.807) is 17.2 Å². The van der Waals surface area contributed by atoms with E-state index < -0.39 is 0 Å². The summed E-state index contributed by atoms with van der Waals surface area (Å²) in [5.74, 6) is 0.727. The van der Waals surface area contributed by atoms with Gasteiger partial charge >= 0.3 is 0 Å². The number of piperazine rings is 2. The van der Waals surface area contributed by atoms with Crippen LogP contribution in [0.1, 0.15) is 36.1 Å². The zero-order chi connectivity index (χ0) is 15.7. The van der Waals surface area contributed by atoms with E-state index >= 15 is 0 Å². The van der Waals surface area contributed by atoms with Gasteiger partial charge in [-0.25, -0.2) is 9.97 Å². The number of nitrogens with one attached hydrogen (secondary N) is 1. The number of rotatable bonds is 2. The van der Waals surface area contributed by atoms with E-state index in [4.69, 9.17) is 0 Å². The third-order valence-electron chi connectivity index (χ3n) is 4.19. The standard InChI is InChI=1S/C15H21N5O2/c1-10(2)13-16-4-3-11(18-13)15(22)20-8-7-19-6-5-17-14(21)12(19)9-20/h3-4,10,12H,5-9H2,1-2H3,(H,17,21)/t12-/m1/s1. The first-order chi connectivity index (χ1) is 10.6. The van der Waals surface area contributed by atoms with Crippen LogP contribution < -0.4 is 5.32 Å². The van der Waals surface area contributed by atoms with Gasteiger partial charge in [0, 0.05) is 44.8 Å². The van der Waals surface area contributed by atoms with E-state index in [9.17, 15) is 9.59 Å². The molecule has 1 aromatic rings. The highest BCUT2D eigenvalue weighted by molar-refractivity contribution is 5.93. The predicted octanol–water partition coefficient (Wildman–Crippen LogP) is -0.144. The van der Waals surface area contributed by atoms with Gasteiger partial charge in [0.05, 0.1) is 0 Å². The third-order valence-corrected chi connectivity index (χ3v) is 4.19. The van der Waals surface area contributed by atoms with Crippen molar-refractivity contribution in [2.45, 2.75) is 25.8 Å². The summed E-state index contributed by atoms with van der Waals surface area (Å²) in [6, 6.07) is 1.40. The fraction of sp³-hybridized carbons (Fsp3) is 0.600. The second-order valence-electron chi connectivity index (χ2n) is 6.05. The first-order valence-corrected chi connectivity index (χ1v) is 7.70. The van der Waals surface area contributed by atoms with Crippen molar-refractivity contribution in [3.8, 4) is 0 Å². The number of nitrogens with zero attached hydrogens (tertiary/aromatic N) is 4. The van der Waals surface area contributed by atoms with E-state index in [2.05, 4.69) is 20.2 Å². The van der Waals surface area contributed by atoms with Crippen LogP contribution in [-0.4, -0.2) is 70.3 Å². The lowest BCUT2D eigenvalue weighted by Crippen LogP contribution is -2.64. The molecule has 1 aromatic heterocycles. The second kappa shape index (κ2) is 6.00. The molecule has 0 aromatic carbocycles. The average molecular weight is 303 g/mol. The minimum atomic E-state index is -0.238. The maximum absolute atomic E-state index is 12.6. The molecule has 7 nitrogen and oxygen atoms in total. The summed E-state index contributed by atoms with van der Waals surface area (Å²) < 4.78 is 0. The Morgan fingerprint density at radius 3 is 2.95 bits per heavy atom. The molecule has 2 aliphatic rings. The highest BCUT2D eigenvalue weighted by Crippen LogP contribution is 2.15. The fourth-order valence-corrected chi connectivity index (χ4v) is 2.89. The Kier molecular flexibility index (Phi) is 4.06. The molecule has 2 saturated heterocycles. The molecule has 2 fully saturated rings. The number of carbonyl (C=O) groups is 2. The maximum Gasteiger partial charge on any atom is 0.272 e. The van der Waals surface area contributed by atoms with Crippen molar-refractivity contribution in [1.29, 1.82) is 0 Å². The van der Waals surface area contributed by atoms with Crippen LogP contribution in [0.2, 0.25) is 0 Å². The molecule has 0 bridgehead atoms. The second-order valence-corrected chi connectivity index (χ2v) is 6.05. The van der Waals surface area contributed by atoms with Crippen molar-refractivity contribution in [3.63, 3.8) is 0 Å². The van der Waals surface area contributed by atoms with Crippen LogP contribution in [0.5, 0.6) is 0 Å². The van der Waals surface area contributed by atoms with Crippen molar-refractivity contribution < 1.29 is 9.59 Å². The van der Waals surface area contributed by atoms with Crippen molar-refractivity contribution in [2.24, 2.45) is 0 Å². The van der Waals surface area contributed by atoms with Gasteiger partial charge in [-0.2, -0.15) is 0 Å². The first kappa shape index (κ1) is 14.9. The van der Waals surface area contributed by atoms with Crippen LogP contribution in [-0.2, 0) is 4.79 Å². The summed E-state index contributed by atoms with van der Waals surface area (Å²) in [6.07, 6.45) is 1.62. The van der Waals surface area contributed by atoms with Crippen LogP contribution in [0.15, 0.2) is 12.3 Å². The monoisotopic (exact) mass is 303 g/mol. The van der Waals surface area contributed by atoms with E-state index in [0.29, 0.717) is 31.2 Å². The molecule has 0 saturated carbocycles. The van der Waals surface area contributed by atoms with Gasteiger partial charge in [0.25, 0.3) is 5.91 Å². The largest absolute Gasteiger partial charge is 0.353 e. The molecule has 0 spiro atoms. The smallest absolute Gasteiger partial charge is 0.272 e. The molecule has 0 radical (unpaired) electrons. The number of hydrogen-bond acceptors (Lipinski definition) is 5. The highest BCUT2D eigenvalue weighted by Gasteiger charge is 2.36. The molecule has 22 heavy (non-hydrogen) atoms. The lowest BCUT2D eigenvalue weighted by molar-refractivity contribution is -0.131. The molecule has 3 rings (SSSR count). The van der Waals surface area contributed by atoms with Crippen LogP contribution in [0.25, 0.3) is 0 Å². The molecule has 2 amide bonds. The number of aromatic nitrogens is 2. The molecule has 118 valence electrons. The highest BCUT2D eigenvalue weighted by atomic mass is 16.2. The van der Waals surface area contributed by atoms with Crippen molar-refractivity contribution in [1.82, 2.24) is 25.1 Å².